The summed E-state index contributed by atoms with van der Waals surface area (Å²) in [7, 11) is 1.75. The summed E-state index contributed by atoms with van der Waals surface area (Å²) in [6, 6.07) is 7.20. The maximum atomic E-state index is 5.34. The summed E-state index contributed by atoms with van der Waals surface area (Å²) in [4.78, 5) is 0. The lowest BCUT2D eigenvalue weighted by Gasteiger charge is -2.27. The fourth-order valence-corrected chi connectivity index (χ4v) is 3.23. The van der Waals surface area contributed by atoms with E-state index in [9.17, 15) is 0 Å². The molecule has 2 nitrogen and oxygen atoms in total. The van der Waals surface area contributed by atoms with Gasteiger partial charge in [-0.25, -0.2) is 0 Å². The summed E-state index contributed by atoms with van der Waals surface area (Å²) >= 11 is 0. The summed E-state index contributed by atoms with van der Waals surface area (Å²) in [5.41, 5.74) is 3.63. The van der Waals surface area contributed by atoms with E-state index in [-0.39, 0.29) is 0 Å². The Morgan fingerprint density at radius 1 is 1.32 bits per heavy atom. The van der Waals surface area contributed by atoms with Crippen molar-refractivity contribution in [2.45, 2.75) is 51.5 Å². The van der Waals surface area contributed by atoms with Crippen LogP contribution in [0.5, 0.6) is 5.75 Å². The smallest absolute Gasteiger partial charge is 0.119 e. The topological polar surface area (TPSA) is 21.3 Å². The number of benzene rings is 1. The number of aryl methyl sites for hydroxylation is 1. The van der Waals surface area contributed by atoms with Crippen LogP contribution < -0.4 is 10.1 Å². The molecule has 2 aliphatic carbocycles. The van der Waals surface area contributed by atoms with E-state index in [0.717, 1.165) is 12.2 Å². The van der Waals surface area contributed by atoms with Gasteiger partial charge in [0, 0.05) is 12.6 Å². The van der Waals surface area contributed by atoms with Crippen LogP contribution in [0.1, 0.15) is 43.7 Å². The molecular weight excluding hydrogens is 234 g/mol. The van der Waals surface area contributed by atoms with Crippen LogP contribution in [0.2, 0.25) is 0 Å². The third-order valence-electron chi connectivity index (χ3n) is 5.11. The minimum atomic E-state index is 0.647. The Kier molecular flexibility index (Phi) is 3.53. The maximum absolute atomic E-state index is 5.34. The normalized spacial score (nSPS) is 23.8. The Balaban J connectivity index is 1.61. The minimum absolute atomic E-state index is 0.647. The molecule has 1 aromatic rings. The third-order valence-corrected chi connectivity index (χ3v) is 5.11. The van der Waals surface area contributed by atoms with E-state index in [1.165, 1.54) is 49.8 Å². The highest BCUT2D eigenvalue weighted by molar-refractivity contribution is 5.37. The molecule has 1 N–H and O–H groups in total. The van der Waals surface area contributed by atoms with E-state index in [4.69, 9.17) is 4.74 Å². The average Bonchev–Trinajstić information content (AvgIpc) is 3.25. The van der Waals surface area contributed by atoms with Gasteiger partial charge in [-0.05, 0) is 67.2 Å². The number of rotatable bonds is 5. The Bertz CT molecular complexity index is 451. The number of nitrogens with one attached hydrogen (secondary N) is 1. The van der Waals surface area contributed by atoms with Gasteiger partial charge in [0.15, 0.2) is 0 Å². The van der Waals surface area contributed by atoms with Crippen molar-refractivity contribution in [1.29, 1.82) is 0 Å². The van der Waals surface area contributed by atoms with Gasteiger partial charge in [-0.1, -0.05) is 13.0 Å². The fraction of sp³-hybridized carbons (Fsp3) is 0.647. The van der Waals surface area contributed by atoms with E-state index < -0.39 is 0 Å². The molecule has 1 atom stereocenters. The van der Waals surface area contributed by atoms with Crippen LogP contribution in [0, 0.1) is 5.41 Å². The van der Waals surface area contributed by atoms with Gasteiger partial charge in [0.1, 0.15) is 5.75 Å². The summed E-state index contributed by atoms with van der Waals surface area (Å²) in [5.74, 6) is 0.992. The number of fused-ring (bicyclic) bond motifs is 1. The molecule has 0 saturated heterocycles. The van der Waals surface area contributed by atoms with Crippen LogP contribution in [0.4, 0.5) is 0 Å². The van der Waals surface area contributed by atoms with Crippen molar-refractivity contribution < 1.29 is 4.74 Å². The number of methoxy groups -OCH3 is 1. The van der Waals surface area contributed by atoms with Crippen molar-refractivity contribution in [3.05, 3.63) is 29.3 Å². The van der Waals surface area contributed by atoms with Crippen LogP contribution in [0.3, 0.4) is 0 Å². The predicted molar refractivity (Wildman–Crippen MR) is 78.8 cm³/mol. The monoisotopic (exact) mass is 259 g/mol. The zero-order valence-electron chi connectivity index (χ0n) is 12.2. The molecular formula is C17H25NO. The van der Waals surface area contributed by atoms with Gasteiger partial charge >= 0.3 is 0 Å². The van der Waals surface area contributed by atoms with Crippen molar-refractivity contribution in [3.63, 3.8) is 0 Å². The Morgan fingerprint density at radius 2 is 2.16 bits per heavy atom. The first-order chi connectivity index (χ1) is 9.24. The van der Waals surface area contributed by atoms with Gasteiger partial charge in [0.25, 0.3) is 0 Å². The molecule has 1 aromatic carbocycles. The highest BCUT2D eigenvalue weighted by Crippen LogP contribution is 2.48. The first-order valence-corrected chi connectivity index (χ1v) is 7.64. The number of hydrogen-bond donors (Lipinski definition) is 1. The zero-order valence-corrected chi connectivity index (χ0v) is 12.2. The Hall–Kier alpha value is -1.02. The van der Waals surface area contributed by atoms with Gasteiger partial charge in [0.2, 0.25) is 0 Å². The second-order valence-electron chi connectivity index (χ2n) is 6.31. The first-order valence-electron chi connectivity index (χ1n) is 7.64. The van der Waals surface area contributed by atoms with Gasteiger partial charge in [-0.15, -0.1) is 0 Å². The lowest BCUT2D eigenvalue weighted by atomic mass is 9.87. The summed E-state index contributed by atoms with van der Waals surface area (Å²) in [5, 5.41) is 3.81. The highest BCUT2D eigenvalue weighted by Gasteiger charge is 2.40. The highest BCUT2D eigenvalue weighted by atomic mass is 16.5. The molecule has 0 radical (unpaired) electrons. The van der Waals surface area contributed by atoms with Crippen LogP contribution in [-0.4, -0.2) is 19.7 Å². The van der Waals surface area contributed by atoms with Crippen molar-refractivity contribution in [3.8, 4) is 5.75 Å². The van der Waals surface area contributed by atoms with E-state index in [2.05, 4.69) is 30.4 Å². The van der Waals surface area contributed by atoms with Crippen molar-refractivity contribution in [2.75, 3.05) is 13.7 Å². The first kappa shape index (κ1) is 13.0. The van der Waals surface area contributed by atoms with E-state index in [0.29, 0.717) is 11.5 Å². The molecule has 19 heavy (non-hydrogen) atoms. The Labute approximate surface area is 116 Å². The van der Waals surface area contributed by atoms with Crippen LogP contribution in [0.15, 0.2) is 18.2 Å². The summed E-state index contributed by atoms with van der Waals surface area (Å²) in [6.45, 7) is 3.54. The zero-order chi connectivity index (χ0) is 13.3. The Morgan fingerprint density at radius 3 is 2.84 bits per heavy atom. The summed E-state index contributed by atoms with van der Waals surface area (Å²) < 4.78 is 5.34. The van der Waals surface area contributed by atoms with Crippen molar-refractivity contribution in [2.24, 2.45) is 5.41 Å². The van der Waals surface area contributed by atoms with Gasteiger partial charge in [-0.3, -0.25) is 0 Å². The van der Waals surface area contributed by atoms with Crippen molar-refractivity contribution in [1.82, 2.24) is 5.32 Å². The number of ether oxygens (including phenoxy) is 1. The van der Waals surface area contributed by atoms with Gasteiger partial charge in [0.05, 0.1) is 7.11 Å². The molecule has 0 heterocycles. The van der Waals surface area contributed by atoms with E-state index in [1.54, 1.807) is 7.11 Å². The molecule has 1 fully saturated rings. The maximum Gasteiger partial charge on any atom is 0.119 e. The standard InChI is InChI=1S/C17H25NO/c1-3-17(8-9-17)12-18-15-6-4-13-5-7-16(19-2)11-14(13)10-15/h5,7,11,15,18H,3-4,6,8-10,12H2,1-2H3. The van der Waals surface area contributed by atoms with E-state index in [1.807, 2.05) is 0 Å². The lowest BCUT2D eigenvalue weighted by Crippen LogP contribution is -2.38. The predicted octanol–water partition coefficient (Wildman–Crippen LogP) is 3.33. The summed E-state index contributed by atoms with van der Waals surface area (Å²) in [6.07, 6.45) is 7.82. The van der Waals surface area contributed by atoms with Crippen LogP contribution in [-0.2, 0) is 12.8 Å². The second kappa shape index (κ2) is 5.16. The second-order valence-corrected chi connectivity index (χ2v) is 6.31. The van der Waals surface area contributed by atoms with Gasteiger partial charge < -0.3 is 10.1 Å². The van der Waals surface area contributed by atoms with E-state index >= 15 is 0 Å². The van der Waals surface area contributed by atoms with Gasteiger partial charge in [-0.2, -0.15) is 0 Å². The largest absolute Gasteiger partial charge is 0.497 e. The average molecular weight is 259 g/mol. The number of hydrogen-bond acceptors (Lipinski definition) is 2. The van der Waals surface area contributed by atoms with Crippen LogP contribution in [0.25, 0.3) is 0 Å². The molecule has 2 heteroatoms. The molecule has 0 aromatic heterocycles. The molecule has 104 valence electrons. The SMILES string of the molecule is CCC1(CNC2CCc3ccc(OC)cc3C2)CC1. The molecule has 0 amide bonds. The fourth-order valence-electron chi connectivity index (χ4n) is 3.23. The molecule has 0 aliphatic heterocycles. The quantitative estimate of drug-likeness (QED) is 0.875. The molecule has 2 aliphatic rings. The molecule has 1 unspecified atom stereocenters. The molecule has 1 saturated carbocycles. The minimum Gasteiger partial charge on any atom is -0.497 e. The molecule has 0 spiro atoms. The van der Waals surface area contributed by atoms with Crippen LogP contribution >= 0.6 is 0 Å². The molecule has 3 rings (SSSR count). The van der Waals surface area contributed by atoms with Crippen molar-refractivity contribution >= 4 is 0 Å². The molecule has 0 bridgehead atoms. The third kappa shape index (κ3) is 2.79. The lowest BCUT2D eigenvalue weighted by molar-refractivity contribution is 0.376.